The summed E-state index contributed by atoms with van der Waals surface area (Å²) < 4.78 is 0.930. The summed E-state index contributed by atoms with van der Waals surface area (Å²) in [6.45, 7) is 4.21. The average Bonchev–Trinajstić information content (AvgIpc) is 2.90. The zero-order valence-corrected chi connectivity index (χ0v) is 13.7. The summed E-state index contributed by atoms with van der Waals surface area (Å²) in [6, 6.07) is 5.38. The molecular formula is C14H18ClIN2O. The van der Waals surface area contributed by atoms with Gasteiger partial charge in [-0.1, -0.05) is 11.6 Å². The van der Waals surface area contributed by atoms with E-state index in [1.165, 1.54) is 25.9 Å². The number of carbonyl (C=O) groups excluding carboxylic acids is 1. The molecule has 0 saturated carbocycles. The van der Waals surface area contributed by atoms with Crippen LogP contribution in [0.1, 0.15) is 29.6 Å². The van der Waals surface area contributed by atoms with Crippen LogP contribution in [-0.4, -0.2) is 37.0 Å². The van der Waals surface area contributed by atoms with Crippen molar-refractivity contribution in [3.63, 3.8) is 0 Å². The average molecular weight is 393 g/mol. The van der Waals surface area contributed by atoms with E-state index in [4.69, 9.17) is 11.6 Å². The summed E-state index contributed by atoms with van der Waals surface area (Å²) in [7, 11) is 0. The third-order valence-electron chi connectivity index (χ3n) is 3.31. The number of halogens is 2. The fraction of sp³-hybridized carbons (Fsp3) is 0.500. The zero-order chi connectivity index (χ0) is 13.7. The van der Waals surface area contributed by atoms with Crippen LogP contribution in [0, 0.1) is 3.57 Å². The molecule has 0 bridgehead atoms. The highest BCUT2D eigenvalue weighted by atomic mass is 127. The molecule has 0 aliphatic carbocycles. The van der Waals surface area contributed by atoms with Gasteiger partial charge in [-0.05, 0) is 79.7 Å². The number of likely N-dealkylation sites (tertiary alicyclic amines) is 1. The van der Waals surface area contributed by atoms with Crippen LogP contribution >= 0.6 is 34.2 Å². The molecule has 1 N–H and O–H groups in total. The second-order valence-corrected chi connectivity index (χ2v) is 6.38. The molecule has 1 aliphatic rings. The lowest BCUT2D eigenvalue weighted by Gasteiger charge is -2.14. The molecule has 2 rings (SSSR count). The Kier molecular flexibility index (Phi) is 5.91. The Bertz CT molecular complexity index is 447. The van der Waals surface area contributed by atoms with E-state index in [2.05, 4.69) is 32.8 Å². The number of hydrogen-bond donors (Lipinski definition) is 1. The number of carbonyl (C=O) groups is 1. The molecule has 104 valence electrons. The number of rotatable bonds is 5. The maximum Gasteiger partial charge on any atom is 0.252 e. The van der Waals surface area contributed by atoms with Crippen molar-refractivity contribution in [2.24, 2.45) is 0 Å². The van der Waals surface area contributed by atoms with E-state index in [9.17, 15) is 4.79 Å². The quantitative estimate of drug-likeness (QED) is 0.617. The maximum absolute atomic E-state index is 12.0. The minimum absolute atomic E-state index is 0.0340. The molecule has 1 aromatic carbocycles. The van der Waals surface area contributed by atoms with Crippen molar-refractivity contribution in [2.45, 2.75) is 19.3 Å². The summed E-state index contributed by atoms with van der Waals surface area (Å²) in [5.41, 5.74) is 0.661. The lowest BCUT2D eigenvalue weighted by Crippen LogP contribution is -2.29. The molecule has 0 unspecified atom stereocenters. The summed E-state index contributed by atoms with van der Waals surface area (Å²) in [5, 5.41) is 3.56. The van der Waals surface area contributed by atoms with Crippen molar-refractivity contribution >= 4 is 40.1 Å². The fourth-order valence-electron chi connectivity index (χ4n) is 2.28. The van der Waals surface area contributed by atoms with Gasteiger partial charge in [0.2, 0.25) is 0 Å². The van der Waals surface area contributed by atoms with Crippen LogP contribution in [0.5, 0.6) is 0 Å². The van der Waals surface area contributed by atoms with Crippen molar-refractivity contribution < 1.29 is 4.79 Å². The maximum atomic E-state index is 12.0. The van der Waals surface area contributed by atoms with E-state index in [0.29, 0.717) is 10.6 Å². The summed E-state index contributed by atoms with van der Waals surface area (Å²) in [4.78, 5) is 14.5. The smallest absolute Gasteiger partial charge is 0.252 e. The van der Waals surface area contributed by atoms with Crippen molar-refractivity contribution in [3.8, 4) is 0 Å². The van der Waals surface area contributed by atoms with Crippen molar-refractivity contribution in [2.75, 3.05) is 26.2 Å². The predicted molar refractivity (Wildman–Crippen MR) is 86.8 cm³/mol. The number of benzene rings is 1. The topological polar surface area (TPSA) is 32.3 Å². The molecule has 1 heterocycles. The van der Waals surface area contributed by atoms with Gasteiger partial charge in [-0.2, -0.15) is 0 Å². The Hall–Kier alpha value is -0.330. The van der Waals surface area contributed by atoms with Gasteiger partial charge >= 0.3 is 0 Å². The standard InChI is InChI=1S/C14H18ClIN2O/c15-11-4-5-13(16)12(10-11)14(19)17-6-3-9-18-7-1-2-8-18/h4-5,10H,1-3,6-9H2,(H,17,19). The second kappa shape index (κ2) is 7.45. The normalized spacial score (nSPS) is 15.7. The molecule has 19 heavy (non-hydrogen) atoms. The molecule has 0 aromatic heterocycles. The van der Waals surface area contributed by atoms with Crippen LogP contribution in [0.15, 0.2) is 18.2 Å². The second-order valence-electron chi connectivity index (χ2n) is 4.78. The third-order valence-corrected chi connectivity index (χ3v) is 4.48. The van der Waals surface area contributed by atoms with Gasteiger partial charge in [0.1, 0.15) is 0 Å². The van der Waals surface area contributed by atoms with Crippen molar-refractivity contribution in [3.05, 3.63) is 32.4 Å². The van der Waals surface area contributed by atoms with E-state index in [1.54, 1.807) is 12.1 Å². The molecule has 0 radical (unpaired) electrons. The minimum atomic E-state index is -0.0340. The summed E-state index contributed by atoms with van der Waals surface area (Å²) >= 11 is 8.07. The number of hydrogen-bond acceptors (Lipinski definition) is 2. The van der Waals surface area contributed by atoms with Gasteiger partial charge < -0.3 is 10.2 Å². The van der Waals surface area contributed by atoms with Crippen LogP contribution in [0.4, 0.5) is 0 Å². The van der Waals surface area contributed by atoms with E-state index in [-0.39, 0.29) is 5.91 Å². The van der Waals surface area contributed by atoms with E-state index < -0.39 is 0 Å². The third kappa shape index (κ3) is 4.61. The van der Waals surface area contributed by atoms with Gasteiger partial charge in [0.25, 0.3) is 5.91 Å². The molecule has 1 aliphatic heterocycles. The van der Waals surface area contributed by atoms with Crippen LogP contribution < -0.4 is 5.32 Å². The SMILES string of the molecule is O=C(NCCCN1CCCC1)c1cc(Cl)ccc1I. The number of nitrogens with zero attached hydrogens (tertiary/aromatic N) is 1. The van der Waals surface area contributed by atoms with Crippen LogP contribution in [0.3, 0.4) is 0 Å². The van der Waals surface area contributed by atoms with E-state index in [1.807, 2.05) is 6.07 Å². The number of amides is 1. The Balaban J connectivity index is 1.75. The Morgan fingerprint density at radius 3 is 2.84 bits per heavy atom. The van der Waals surface area contributed by atoms with Crippen molar-refractivity contribution in [1.29, 1.82) is 0 Å². The van der Waals surface area contributed by atoms with Gasteiger partial charge in [0, 0.05) is 15.1 Å². The van der Waals surface area contributed by atoms with Gasteiger partial charge in [0.15, 0.2) is 0 Å². The minimum Gasteiger partial charge on any atom is -0.352 e. The van der Waals surface area contributed by atoms with Crippen molar-refractivity contribution in [1.82, 2.24) is 10.2 Å². The van der Waals surface area contributed by atoms with Gasteiger partial charge in [-0.3, -0.25) is 4.79 Å². The highest BCUT2D eigenvalue weighted by molar-refractivity contribution is 14.1. The lowest BCUT2D eigenvalue weighted by atomic mass is 10.2. The molecule has 5 heteroatoms. The molecule has 0 spiro atoms. The Morgan fingerprint density at radius 1 is 1.37 bits per heavy atom. The lowest BCUT2D eigenvalue weighted by molar-refractivity contribution is 0.0951. The molecule has 3 nitrogen and oxygen atoms in total. The molecule has 1 amide bonds. The number of nitrogens with one attached hydrogen (secondary N) is 1. The van der Waals surface area contributed by atoms with Crippen LogP contribution in [0.2, 0.25) is 5.02 Å². The Morgan fingerprint density at radius 2 is 2.11 bits per heavy atom. The zero-order valence-electron chi connectivity index (χ0n) is 10.8. The fourth-order valence-corrected chi connectivity index (χ4v) is 3.03. The first-order chi connectivity index (χ1) is 9.16. The van der Waals surface area contributed by atoms with Gasteiger partial charge in [-0.25, -0.2) is 0 Å². The molecule has 0 atom stereocenters. The molecular weight excluding hydrogens is 375 g/mol. The van der Waals surface area contributed by atoms with Gasteiger partial charge in [-0.15, -0.1) is 0 Å². The van der Waals surface area contributed by atoms with E-state index in [0.717, 1.165) is 23.1 Å². The summed E-state index contributed by atoms with van der Waals surface area (Å²) in [5.74, 6) is -0.0340. The predicted octanol–water partition coefficient (Wildman–Crippen LogP) is 3.16. The first kappa shape index (κ1) is 15.1. The summed E-state index contributed by atoms with van der Waals surface area (Å²) in [6.07, 6.45) is 3.63. The highest BCUT2D eigenvalue weighted by Gasteiger charge is 2.12. The first-order valence-electron chi connectivity index (χ1n) is 6.62. The molecule has 1 aromatic rings. The monoisotopic (exact) mass is 392 g/mol. The van der Waals surface area contributed by atoms with E-state index >= 15 is 0 Å². The molecule has 1 fully saturated rings. The largest absolute Gasteiger partial charge is 0.352 e. The van der Waals surface area contributed by atoms with Crippen LogP contribution in [0.25, 0.3) is 0 Å². The van der Waals surface area contributed by atoms with Crippen LogP contribution in [-0.2, 0) is 0 Å². The van der Waals surface area contributed by atoms with Gasteiger partial charge in [0.05, 0.1) is 5.56 Å². The highest BCUT2D eigenvalue weighted by Crippen LogP contribution is 2.17. The molecule has 1 saturated heterocycles. The Labute approximate surface area is 132 Å². The first-order valence-corrected chi connectivity index (χ1v) is 8.08.